The molecule has 0 saturated heterocycles. The molecule has 0 atom stereocenters. The Kier molecular flexibility index (Phi) is 8.16. The number of benzene rings is 8. The predicted octanol–water partition coefficient (Wildman–Crippen LogP) is 14.1. The van der Waals surface area contributed by atoms with Gasteiger partial charge in [0.15, 0.2) is 0 Å². The van der Waals surface area contributed by atoms with Gasteiger partial charge in [-0.15, -0.1) is 0 Å². The van der Waals surface area contributed by atoms with Gasteiger partial charge in [0.05, 0.1) is 22.6 Å². The van der Waals surface area contributed by atoms with Crippen LogP contribution in [0.15, 0.2) is 212 Å². The summed E-state index contributed by atoms with van der Waals surface area (Å²) in [7, 11) is 0. The van der Waals surface area contributed by atoms with Crippen LogP contribution in [0.4, 0.5) is 17.1 Å². The topological polar surface area (TPSA) is 29.0 Å². The van der Waals surface area contributed by atoms with Crippen LogP contribution >= 0.6 is 0 Å². The minimum absolute atomic E-state index is 0.940. The lowest BCUT2D eigenvalue weighted by molar-refractivity contribution is 1.28. The lowest BCUT2D eigenvalue weighted by atomic mass is 9.93. The number of hydrogen-bond donors (Lipinski definition) is 0. The van der Waals surface area contributed by atoms with Gasteiger partial charge >= 0.3 is 0 Å². The number of aromatic nitrogens is 2. The highest BCUT2D eigenvalue weighted by molar-refractivity contribution is 6.22. The predicted molar refractivity (Wildman–Crippen MR) is 231 cm³/mol. The molecule has 8 aromatic carbocycles. The van der Waals surface area contributed by atoms with Crippen molar-refractivity contribution in [2.75, 3.05) is 4.90 Å². The number of anilines is 3. The van der Waals surface area contributed by atoms with Crippen molar-refractivity contribution in [2.24, 2.45) is 0 Å². The SMILES string of the molecule is c1ccc(-c2cc(-c3ccc4c(c3)nc(-c3ccc(N(c5ccccc5)c5ccccc5)cc3)c3ccc5ccccc5c34)cc(-c3ccccc3)n2)cc1. The smallest absolute Gasteiger partial charge is 0.0788 e. The van der Waals surface area contributed by atoms with Crippen LogP contribution < -0.4 is 4.90 Å². The van der Waals surface area contributed by atoms with E-state index in [2.05, 4.69) is 205 Å². The molecule has 0 aliphatic heterocycles. The average molecular weight is 702 g/mol. The van der Waals surface area contributed by atoms with E-state index in [0.29, 0.717) is 0 Å². The van der Waals surface area contributed by atoms with E-state index in [4.69, 9.17) is 9.97 Å². The van der Waals surface area contributed by atoms with Gasteiger partial charge in [0.2, 0.25) is 0 Å². The van der Waals surface area contributed by atoms with Crippen LogP contribution in [0.2, 0.25) is 0 Å². The van der Waals surface area contributed by atoms with Crippen molar-refractivity contribution in [2.45, 2.75) is 0 Å². The molecule has 0 fully saturated rings. The summed E-state index contributed by atoms with van der Waals surface area (Å²) < 4.78 is 0. The second-order valence-corrected chi connectivity index (χ2v) is 13.8. The summed E-state index contributed by atoms with van der Waals surface area (Å²) in [5.74, 6) is 0. The van der Waals surface area contributed by atoms with E-state index in [9.17, 15) is 0 Å². The Labute approximate surface area is 320 Å². The standard InChI is InChI=1S/C52H35N3/c1-5-16-37(17-6-1)48-34-41(35-49(53-48)38-18-7-2-8-19-38)40-28-31-46-50(33-40)54-52(47-32-27-36-15-13-14-24-45(36)51(46)47)39-25-29-44(30-26-39)55(42-20-9-3-10-21-42)43-22-11-4-12-23-43/h1-35H. The van der Waals surface area contributed by atoms with Gasteiger partial charge in [-0.1, -0.05) is 158 Å². The zero-order valence-electron chi connectivity index (χ0n) is 30.0. The number of para-hydroxylation sites is 2. The summed E-state index contributed by atoms with van der Waals surface area (Å²) in [6, 6.07) is 75.0. The Morgan fingerprint density at radius 2 is 0.818 bits per heavy atom. The maximum atomic E-state index is 5.49. The molecule has 3 nitrogen and oxygen atoms in total. The number of fused-ring (bicyclic) bond motifs is 5. The maximum absolute atomic E-state index is 5.49. The van der Waals surface area contributed by atoms with Crippen molar-refractivity contribution in [3.63, 3.8) is 0 Å². The summed E-state index contributed by atoms with van der Waals surface area (Å²) in [4.78, 5) is 12.9. The lowest BCUT2D eigenvalue weighted by Crippen LogP contribution is -2.09. The van der Waals surface area contributed by atoms with Crippen molar-refractivity contribution in [1.29, 1.82) is 0 Å². The molecule has 2 aromatic heterocycles. The van der Waals surface area contributed by atoms with E-state index in [1.54, 1.807) is 0 Å². The quantitative estimate of drug-likeness (QED) is 0.155. The summed E-state index contributed by atoms with van der Waals surface area (Å²) in [5.41, 5.74) is 12.5. The van der Waals surface area contributed by atoms with Gasteiger partial charge in [-0.3, -0.25) is 0 Å². The summed E-state index contributed by atoms with van der Waals surface area (Å²) >= 11 is 0. The molecule has 0 aliphatic carbocycles. The van der Waals surface area contributed by atoms with E-state index in [0.717, 1.165) is 78.3 Å². The van der Waals surface area contributed by atoms with Crippen molar-refractivity contribution >= 4 is 49.5 Å². The Morgan fingerprint density at radius 3 is 1.44 bits per heavy atom. The molecular formula is C52H35N3. The Hall–Kier alpha value is -7.36. The minimum Gasteiger partial charge on any atom is -0.311 e. The van der Waals surface area contributed by atoms with E-state index in [1.807, 2.05) is 12.1 Å². The first-order valence-electron chi connectivity index (χ1n) is 18.7. The number of pyridine rings is 2. The van der Waals surface area contributed by atoms with Crippen LogP contribution in [0.5, 0.6) is 0 Å². The molecule has 0 unspecified atom stereocenters. The summed E-state index contributed by atoms with van der Waals surface area (Å²) in [5, 5.41) is 5.92. The fourth-order valence-corrected chi connectivity index (χ4v) is 7.76. The van der Waals surface area contributed by atoms with Crippen LogP contribution in [0.1, 0.15) is 0 Å². The Balaban J connectivity index is 1.15. The second-order valence-electron chi connectivity index (χ2n) is 13.8. The third kappa shape index (κ3) is 6.08. The van der Waals surface area contributed by atoms with Crippen LogP contribution in [-0.4, -0.2) is 9.97 Å². The zero-order chi connectivity index (χ0) is 36.6. The van der Waals surface area contributed by atoms with Gasteiger partial charge in [0.1, 0.15) is 0 Å². The largest absolute Gasteiger partial charge is 0.311 e. The van der Waals surface area contributed by atoms with Gasteiger partial charge in [0.25, 0.3) is 0 Å². The molecule has 258 valence electrons. The number of rotatable bonds is 7. The zero-order valence-corrected chi connectivity index (χ0v) is 30.0. The van der Waals surface area contributed by atoms with Crippen molar-refractivity contribution < 1.29 is 0 Å². The Bertz CT molecular complexity index is 2850. The second kappa shape index (κ2) is 13.9. The fraction of sp³-hybridized carbons (Fsp3) is 0. The normalized spacial score (nSPS) is 11.3. The molecule has 0 bridgehead atoms. The monoisotopic (exact) mass is 701 g/mol. The first kappa shape index (κ1) is 32.3. The third-order valence-electron chi connectivity index (χ3n) is 10.4. The molecule has 0 N–H and O–H groups in total. The molecule has 3 heteroatoms. The molecule has 10 rings (SSSR count). The highest BCUT2D eigenvalue weighted by Gasteiger charge is 2.17. The third-order valence-corrected chi connectivity index (χ3v) is 10.4. The molecule has 0 radical (unpaired) electrons. The first-order chi connectivity index (χ1) is 27.3. The van der Waals surface area contributed by atoms with Crippen molar-refractivity contribution in [3.05, 3.63) is 212 Å². The fourth-order valence-electron chi connectivity index (χ4n) is 7.76. The summed E-state index contributed by atoms with van der Waals surface area (Å²) in [6.45, 7) is 0. The van der Waals surface area contributed by atoms with E-state index >= 15 is 0 Å². The molecule has 2 heterocycles. The van der Waals surface area contributed by atoms with Gasteiger partial charge in [-0.05, 0) is 76.5 Å². The van der Waals surface area contributed by atoms with Gasteiger partial charge in [-0.2, -0.15) is 0 Å². The Morgan fingerprint density at radius 1 is 0.309 bits per heavy atom. The van der Waals surface area contributed by atoms with Gasteiger partial charge < -0.3 is 4.90 Å². The number of hydrogen-bond acceptors (Lipinski definition) is 3. The van der Waals surface area contributed by atoms with Crippen LogP contribution in [0, 0.1) is 0 Å². The van der Waals surface area contributed by atoms with E-state index < -0.39 is 0 Å². The van der Waals surface area contributed by atoms with Crippen LogP contribution in [0.3, 0.4) is 0 Å². The van der Waals surface area contributed by atoms with E-state index in [-0.39, 0.29) is 0 Å². The molecule has 0 amide bonds. The molecular weight excluding hydrogens is 667 g/mol. The van der Waals surface area contributed by atoms with Crippen LogP contribution in [0.25, 0.3) is 77.3 Å². The van der Waals surface area contributed by atoms with Gasteiger partial charge in [0, 0.05) is 49.9 Å². The lowest BCUT2D eigenvalue weighted by Gasteiger charge is -2.25. The van der Waals surface area contributed by atoms with Crippen molar-refractivity contribution in [3.8, 4) is 44.9 Å². The minimum atomic E-state index is 0.940. The van der Waals surface area contributed by atoms with E-state index in [1.165, 1.54) is 16.2 Å². The average Bonchev–Trinajstić information content (AvgIpc) is 3.27. The highest BCUT2D eigenvalue weighted by atomic mass is 15.1. The maximum Gasteiger partial charge on any atom is 0.0788 e. The summed E-state index contributed by atoms with van der Waals surface area (Å²) in [6.07, 6.45) is 0. The molecule has 0 saturated carbocycles. The highest BCUT2D eigenvalue weighted by Crippen LogP contribution is 2.41. The first-order valence-corrected chi connectivity index (χ1v) is 18.7. The number of nitrogens with zero attached hydrogens (tertiary/aromatic N) is 3. The van der Waals surface area contributed by atoms with Crippen LogP contribution in [-0.2, 0) is 0 Å². The molecule has 0 spiro atoms. The molecule has 55 heavy (non-hydrogen) atoms. The molecule has 10 aromatic rings. The van der Waals surface area contributed by atoms with Crippen molar-refractivity contribution in [1.82, 2.24) is 9.97 Å². The molecule has 0 aliphatic rings. The van der Waals surface area contributed by atoms with Gasteiger partial charge in [-0.25, -0.2) is 9.97 Å².